The van der Waals surface area contributed by atoms with Crippen LogP contribution in [0.1, 0.15) is 28.3 Å². The highest BCUT2D eigenvalue weighted by Crippen LogP contribution is 2.22. The van der Waals surface area contributed by atoms with Gasteiger partial charge in [-0.05, 0) is 20.3 Å². The quantitative estimate of drug-likeness (QED) is 0.934. The fourth-order valence-corrected chi connectivity index (χ4v) is 2.79. The van der Waals surface area contributed by atoms with Crippen molar-refractivity contribution in [1.29, 1.82) is 0 Å². The maximum absolute atomic E-state index is 6.04. The van der Waals surface area contributed by atoms with Crippen LogP contribution in [0.15, 0.2) is 6.20 Å². The lowest BCUT2D eigenvalue weighted by Crippen LogP contribution is -2.04. The Morgan fingerprint density at radius 1 is 1.33 bits per heavy atom. The summed E-state index contributed by atoms with van der Waals surface area (Å²) in [6.07, 6.45) is 2.56. The van der Waals surface area contributed by atoms with Gasteiger partial charge in [0.25, 0.3) is 0 Å². The molecule has 0 unspecified atom stereocenters. The van der Waals surface area contributed by atoms with Gasteiger partial charge >= 0.3 is 0 Å². The molecule has 0 aliphatic carbocycles. The molecular weight excluding hydrogens is 268 g/mol. The lowest BCUT2D eigenvalue weighted by molar-refractivity contribution is 0.985. The Kier molecular flexibility index (Phi) is 4.14. The van der Waals surface area contributed by atoms with E-state index in [0.29, 0.717) is 23.2 Å². The first-order valence-electron chi connectivity index (χ1n) is 5.78. The van der Waals surface area contributed by atoms with Gasteiger partial charge in [0.2, 0.25) is 0 Å². The second-order valence-electron chi connectivity index (χ2n) is 3.92. The molecule has 0 amide bonds. The zero-order valence-electron chi connectivity index (χ0n) is 10.6. The van der Waals surface area contributed by atoms with E-state index in [2.05, 4.69) is 27.2 Å². The van der Waals surface area contributed by atoms with Crippen LogP contribution in [0.4, 0.5) is 5.82 Å². The van der Waals surface area contributed by atoms with Gasteiger partial charge in [-0.3, -0.25) is 0 Å². The molecule has 0 atom stereocenters. The summed E-state index contributed by atoms with van der Waals surface area (Å²) in [5, 5.41) is 4.88. The van der Waals surface area contributed by atoms with E-state index < -0.39 is 0 Å². The van der Waals surface area contributed by atoms with E-state index in [1.54, 1.807) is 17.5 Å². The van der Waals surface area contributed by atoms with E-state index >= 15 is 0 Å². The Labute approximate surface area is 115 Å². The molecule has 4 nitrogen and oxygen atoms in total. The number of aromatic nitrogens is 3. The predicted octanol–water partition coefficient (Wildman–Crippen LogP) is 3.38. The minimum absolute atomic E-state index is 0.542. The number of hydrogen-bond donors (Lipinski definition) is 1. The fourth-order valence-electron chi connectivity index (χ4n) is 1.67. The zero-order chi connectivity index (χ0) is 13.1. The standard InChI is InChI=1S/C12H15ClN4S/c1-4-10-11(18-8(3)17-10)6-15-12-9(13)5-14-7(2)16-12/h5H,4,6H2,1-3H3,(H,14,15,16). The average molecular weight is 283 g/mol. The van der Waals surface area contributed by atoms with Crippen LogP contribution in [-0.2, 0) is 13.0 Å². The summed E-state index contributed by atoms with van der Waals surface area (Å²) in [6.45, 7) is 6.68. The number of halogens is 1. The van der Waals surface area contributed by atoms with E-state index in [1.165, 1.54) is 4.88 Å². The molecule has 0 saturated heterocycles. The molecule has 0 bridgehead atoms. The van der Waals surface area contributed by atoms with E-state index in [4.69, 9.17) is 11.6 Å². The lowest BCUT2D eigenvalue weighted by Gasteiger charge is -2.07. The van der Waals surface area contributed by atoms with Crippen LogP contribution in [0.5, 0.6) is 0 Å². The maximum atomic E-state index is 6.04. The third kappa shape index (κ3) is 2.97. The first-order chi connectivity index (χ1) is 8.60. The predicted molar refractivity (Wildman–Crippen MR) is 75.3 cm³/mol. The molecule has 18 heavy (non-hydrogen) atoms. The lowest BCUT2D eigenvalue weighted by atomic mass is 10.3. The third-order valence-electron chi connectivity index (χ3n) is 2.50. The van der Waals surface area contributed by atoms with Crippen LogP contribution in [0.2, 0.25) is 5.02 Å². The van der Waals surface area contributed by atoms with E-state index in [1.807, 2.05) is 13.8 Å². The molecule has 2 heterocycles. The van der Waals surface area contributed by atoms with Gasteiger partial charge in [-0.25, -0.2) is 15.0 Å². The number of nitrogens with one attached hydrogen (secondary N) is 1. The molecule has 96 valence electrons. The van der Waals surface area contributed by atoms with Crippen molar-refractivity contribution < 1.29 is 0 Å². The Balaban J connectivity index is 2.13. The van der Waals surface area contributed by atoms with Crippen LogP contribution in [0.3, 0.4) is 0 Å². The third-order valence-corrected chi connectivity index (χ3v) is 3.79. The van der Waals surface area contributed by atoms with E-state index in [0.717, 1.165) is 17.1 Å². The highest BCUT2D eigenvalue weighted by Gasteiger charge is 2.09. The van der Waals surface area contributed by atoms with E-state index in [9.17, 15) is 0 Å². The Bertz CT molecular complexity index is 553. The molecule has 0 aliphatic heterocycles. The summed E-state index contributed by atoms with van der Waals surface area (Å²) < 4.78 is 0. The molecule has 0 radical (unpaired) electrons. The number of hydrogen-bond acceptors (Lipinski definition) is 5. The second-order valence-corrected chi connectivity index (χ2v) is 5.62. The smallest absolute Gasteiger partial charge is 0.148 e. The summed E-state index contributed by atoms with van der Waals surface area (Å²) in [5.74, 6) is 1.38. The van der Waals surface area contributed by atoms with Gasteiger partial charge in [0.15, 0.2) is 0 Å². The molecular formula is C12H15ClN4S. The second kappa shape index (κ2) is 5.63. The topological polar surface area (TPSA) is 50.7 Å². The highest BCUT2D eigenvalue weighted by atomic mass is 35.5. The number of thiazole rings is 1. The van der Waals surface area contributed by atoms with Gasteiger partial charge in [0.1, 0.15) is 16.7 Å². The summed E-state index contributed by atoms with van der Waals surface area (Å²) in [4.78, 5) is 14.1. The maximum Gasteiger partial charge on any atom is 0.148 e. The van der Waals surface area contributed by atoms with Gasteiger partial charge in [-0.2, -0.15) is 0 Å². The SMILES string of the molecule is CCc1nc(C)sc1CNc1nc(C)ncc1Cl. The van der Waals surface area contributed by atoms with Gasteiger partial charge in [0.05, 0.1) is 23.4 Å². The Morgan fingerprint density at radius 2 is 2.11 bits per heavy atom. The van der Waals surface area contributed by atoms with Crippen molar-refractivity contribution in [3.63, 3.8) is 0 Å². The summed E-state index contributed by atoms with van der Waals surface area (Å²) in [7, 11) is 0. The van der Waals surface area contributed by atoms with Crippen LogP contribution >= 0.6 is 22.9 Å². The summed E-state index contributed by atoms with van der Waals surface area (Å²) >= 11 is 7.75. The van der Waals surface area contributed by atoms with Gasteiger partial charge in [0, 0.05) is 4.88 Å². The van der Waals surface area contributed by atoms with Crippen molar-refractivity contribution in [2.45, 2.75) is 33.7 Å². The number of aryl methyl sites for hydroxylation is 3. The first-order valence-corrected chi connectivity index (χ1v) is 6.97. The molecule has 6 heteroatoms. The number of rotatable bonds is 4. The van der Waals surface area contributed by atoms with Gasteiger partial charge in [-0.15, -0.1) is 11.3 Å². The minimum atomic E-state index is 0.542. The molecule has 2 rings (SSSR count). The highest BCUT2D eigenvalue weighted by molar-refractivity contribution is 7.11. The molecule has 2 aromatic rings. The van der Waals surface area contributed by atoms with Crippen LogP contribution in [0.25, 0.3) is 0 Å². The van der Waals surface area contributed by atoms with Crippen molar-refractivity contribution in [1.82, 2.24) is 15.0 Å². The minimum Gasteiger partial charge on any atom is -0.364 e. The normalized spacial score (nSPS) is 10.7. The molecule has 0 fully saturated rings. The van der Waals surface area contributed by atoms with Crippen molar-refractivity contribution in [2.75, 3.05) is 5.32 Å². The largest absolute Gasteiger partial charge is 0.364 e. The fraction of sp³-hybridized carbons (Fsp3) is 0.417. The van der Waals surface area contributed by atoms with Crippen LogP contribution in [0, 0.1) is 13.8 Å². The van der Waals surface area contributed by atoms with Gasteiger partial charge in [-0.1, -0.05) is 18.5 Å². The van der Waals surface area contributed by atoms with Crippen molar-refractivity contribution in [3.05, 3.63) is 32.6 Å². The summed E-state index contributed by atoms with van der Waals surface area (Å²) in [5.41, 5.74) is 1.15. The van der Waals surface area contributed by atoms with Crippen LogP contribution < -0.4 is 5.32 Å². The number of anilines is 1. The molecule has 1 N–H and O–H groups in total. The van der Waals surface area contributed by atoms with Gasteiger partial charge < -0.3 is 5.32 Å². The molecule has 0 saturated carbocycles. The van der Waals surface area contributed by atoms with Crippen molar-refractivity contribution >= 4 is 28.8 Å². The summed E-state index contributed by atoms with van der Waals surface area (Å²) in [6, 6.07) is 0. The molecule has 0 aliphatic rings. The Morgan fingerprint density at radius 3 is 2.83 bits per heavy atom. The van der Waals surface area contributed by atoms with Crippen molar-refractivity contribution in [2.24, 2.45) is 0 Å². The van der Waals surface area contributed by atoms with Crippen LogP contribution in [-0.4, -0.2) is 15.0 Å². The Hall–Kier alpha value is -1.20. The molecule has 0 aromatic carbocycles. The molecule has 0 spiro atoms. The van der Waals surface area contributed by atoms with E-state index in [-0.39, 0.29) is 0 Å². The zero-order valence-corrected chi connectivity index (χ0v) is 12.2. The monoisotopic (exact) mass is 282 g/mol. The average Bonchev–Trinajstić information content (AvgIpc) is 2.71. The first kappa shape index (κ1) is 13.2. The van der Waals surface area contributed by atoms with Crippen molar-refractivity contribution in [3.8, 4) is 0 Å². The number of nitrogens with zero attached hydrogens (tertiary/aromatic N) is 3. The molecule has 2 aromatic heterocycles.